The third-order valence-corrected chi connectivity index (χ3v) is 3.81. The van der Waals surface area contributed by atoms with Crippen LogP contribution in [0.2, 0.25) is 0 Å². The molecule has 0 amide bonds. The monoisotopic (exact) mass is 253 g/mol. The van der Waals surface area contributed by atoms with Crippen LogP contribution in [0.1, 0.15) is 23.5 Å². The fourth-order valence-electron chi connectivity index (χ4n) is 2.78. The first-order valence-corrected chi connectivity index (χ1v) is 6.82. The van der Waals surface area contributed by atoms with Gasteiger partial charge in [-0.2, -0.15) is 0 Å². The Morgan fingerprint density at radius 2 is 2.05 bits per heavy atom. The Balaban J connectivity index is 2.13. The van der Waals surface area contributed by atoms with Gasteiger partial charge in [0.25, 0.3) is 0 Å². The van der Waals surface area contributed by atoms with Crippen LogP contribution < -0.4 is 10.5 Å². The number of aryl methyl sites for hydroxylation is 1. The van der Waals surface area contributed by atoms with E-state index in [1.807, 2.05) is 0 Å². The molecule has 2 aromatic carbocycles. The Labute approximate surface area is 114 Å². The normalized spacial score (nSPS) is 17.7. The lowest BCUT2D eigenvalue weighted by atomic mass is 9.89. The molecule has 2 nitrogen and oxygen atoms in total. The summed E-state index contributed by atoms with van der Waals surface area (Å²) < 4.78 is 5.93. The number of fused-ring (bicyclic) bond motifs is 1. The van der Waals surface area contributed by atoms with E-state index in [0.29, 0.717) is 12.5 Å². The van der Waals surface area contributed by atoms with Crippen molar-refractivity contribution in [2.45, 2.75) is 19.3 Å². The number of hydrogen-bond donors (Lipinski definition) is 1. The van der Waals surface area contributed by atoms with E-state index in [4.69, 9.17) is 10.5 Å². The van der Waals surface area contributed by atoms with Crippen LogP contribution in [0.15, 0.2) is 42.5 Å². The van der Waals surface area contributed by atoms with E-state index in [1.165, 1.54) is 22.3 Å². The van der Waals surface area contributed by atoms with Gasteiger partial charge in [0.15, 0.2) is 0 Å². The van der Waals surface area contributed by atoms with E-state index in [9.17, 15) is 0 Å². The summed E-state index contributed by atoms with van der Waals surface area (Å²) in [7, 11) is 0. The number of para-hydroxylation sites is 1. The fraction of sp³-hybridized carbons (Fsp3) is 0.294. The SMILES string of the molecule is Cc1cccc(-c2cccc3c2OCC[C@H]3CN)c1. The number of benzene rings is 2. The molecule has 1 atom stereocenters. The van der Waals surface area contributed by atoms with E-state index in [1.54, 1.807) is 0 Å². The molecule has 1 aliphatic heterocycles. The van der Waals surface area contributed by atoms with Crippen molar-refractivity contribution in [2.24, 2.45) is 5.73 Å². The highest BCUT2D eigenvalue weighted by atomic mass is 16.5. The Kier molecular flexibility index (Phi) is 3.26. The highest BCUT2D eigenvalue weighted by Gasteiger charge is 2.22. The van der Waals surface area contributed by atoms with Crippen LogP contribution in [-0.2, 0) is 0 Å². The Bertz CT molecular complexity index is 592. The number of hydrogen-bond acceptors (Lipinski definition) is 2. The van der Waals surface area contributed by atoms with Crippen molar-refractivity contribution < 1.29 is 4.74 Å². The Hall–Kier alpha value is -1.80. The minimum Gasteiger partial charge on any atom is -0.493 e. The molecule has 0 bridgehead atoms. The molecular weight excluding hydrogens is 234 g/mol. The smallest absolute Gasteiger partial charge is 0.130 e. The van der Waals surface area contributed by atoms with Crippen molar-refractivity contribution in [1.82, 2.24) is 0 Å². The molecule has 0 radical (unpaired) electrons. The molecule has 98 valence electrons. The summed E-state index contributed by atoms with van der Waals surface area (Å²) in [6.07, 6.45) is 1.01. The number of ether oxygens (including phenoxy) is 1. The van der Waals surface area contributed by atoms with E-state index in [2.05, 4.69) is 49.4 Å². The minimum atomic E-state index is 0.425. The van der Waals surface area contributed by atoms with Crippen molar-refractivity contribution in [3.8, 4) is 16.9 Å². The van der Waals surface area contributed by atoms with E-state index in [-0.39, 0.29) is 0 Å². The molecule has 0 spiro atoms. The van der Waals surface area contributed by atoms with Gasteiger partial charge in [0.1, 0.15) is 5.75 Å². The summed E-state index contributed by atoms with van der Waals surface area (Å²) in [5.41, 5.74) is 10.8. The standard InChI is InChI=1S/C17H19NO/c1-12-4-2-5-13(10-12)15-6-3-7-16-14(11-18)8-9-19-17(15)16/h2-7,10,14H,8-9,11,18H2,1H3/t14-/m0/s1. The molecule has 3 rings (SSSR count). The molecular formula is C17H19NO. The Morgan fingerprint density at radius 3 is 2.84 bits per heavy atom. The molecule has 0 aromatic heterocycles. The predicted molar refractivity (Wildman–Crippen MR) is 78.5 cm³/mol. The maximum atomic E-state index is 5.93. The van der Waals surface area contributed by atoms with Crippen LogP contribution in [0.3, 0.4) is 0 Å². The molecule has 0 aliphatic carbocycles. The first-order chi connectivity index (χ1) is 9.29. The van der Waals surface area contributed by atoms with Crippen LogP contribution >= 0.6 is 0 Å². The van der Waals surface area contributed by atoms with Gasteiger partial charge in [-0.25, -0.2) is 0 Å². The highest BCUT2D eigenvalue weighted by Crippen LogP contribution is 2.40. The van der Waals surface area contributed by atoms with Crippen LogP contribution in [0.4, 0.5) is 0 Å². The molecule has 1 heterocycles. The van der Waals surface area contributed by atoms with E-state index < -0.39 is 0 Å². The zero-order chi connectivity index (χ0) is 13.2. The first kappa shape index (κ1) is 12.2. The number of rotatable bonds is 2. The van der Waals surface area contributed by atoms with Crippen LogP contribution in [-0.4, -0.2) is 13.2 Å². The zero-order valence-corrected chi connectivity index (χ0v) is 11.2. The fourth-order valence-corrected chi connectivity index (χ4v) is 2.78. The maximum absolute atomic E-state index is 5.93. The lowest BCUT2D eigenvalue weighted by Gasteiger charge is -2.27. The second-order valence-electron chi connectivity index (χ2n) is 5.16. The molecule has 0 saturated heterocycles. The summed E-state index contributed by atoms with van der Waals surface area (Å²) in [6.45, 7) is 3.56. The van der Waals surface area contributed by atoms with Gasteiger partial charge in [0.05, 0.1) is 6.61 Å². The lowest BCUT2D eigenvalue weighted by Crippen LogP contribution is -2.21. The predicted octanol–water partition coefficient (Wildman–Crippen LogP) is 3.49. The Morgan fingerprint density at radius 1 is 1.21 bits per heavy atom. The maximum Gasteiger partial charge on any atom is 0.130 e. The highest BCUT2D eigenvalue weighted by molar-refractivity contribution is 5.73. The summed E-state index contributed by atoms with van der Waals surface area (Å²) in [6, 6.07) is 14.9. The molecule has 2 N–H and O–H groups in total. The second kappa shape index (κ2) is 5.06. The summed E-state index contributed by atoms with van der Waals surface area (Å²) in [5, 5.41) is 0. The molecule has 0 fully saturated rings. The van der Waals surface area contributed by atoms with E-state index >= 15 is 0 Å². The average molecular weight is 253 g/mol. The van der Waals surface area contributed by atoms with Crippen molar-refractivity contribution in [1.29, 1.82) is 0 Å². The first-order valence-electron chi connectivity index (χ1n) is 6.82. The van der Waals surface area contributed by atoms with Crippen molar-refractivity contribution in [3.63, 3.8) is 0 Å². The van der Waals surface area contributed by atoms with Crippen molar-refractivity contribution in [2.75, 3.05) is 13.2 Å². The van der Waals surface area contributed by atoms with Gasteiger partial charge in [-0.15, -0.1) is 0 Å². The largest absolute Gasteiger partial charge is 0.493 e. The van der Waals surface area contributed by atoms with Crippen molar-refractivity contribution >= 4 is 0 Å². The van der Waals surface area contributed by atoms with Gasteiger partial charge in [0, 0.05) is 11.5 Å². The summed E-state index contributed by atoms with van der Waals surface area (Å²) in [4.78, 5) is 0. The molecule has 19 heavy (non-hydrogen) atoms. The second-order valence-corrected chi connectivity index (χ2v) is 5.16. The molecule has 0 saturated carbocycles. The van der Waals surface area contributed by atoms with E-state index in [0.717, 1.165) is 18.8 Å². The molecule has 0 unspecified atom stereocenters. The number of nitrogens with two attached hydrogens (primary N) is 1. The van der Waals surface area contributed by atoms with Crippen molar-refractivity contribution in [3.05, 3.63) is 53.6 Å². The third kappa shape index (κ3) is 2.24. The van der Waals surface area contributed by atoms with Gasteiger partial charge in [-0.05, 0) is 31.0 Å². The zero-order valence-electron chi connectivity index (χ0n) is 11.2. The van der Waals surface area contributed by atoms with Crippen LogP contribution in [0.25, 0.3) is 11.1 Å². The van der Waals surface area contributed by atoms with Crippen LogP contribution in [0.5, 0.6) is 5.75 Å². The molecule has 1 aliphatic rings. The average Bonchev–Trinajstić information content (AvgIpc) is 2.46. The van der Waals surface area contributed by atoms with Gasteiger partial charge < -0.3 is 10.5 Å². The quantitative estimate of drug-likeness (QED) is 0.889. The summed E-state index contributed by atoms with van der Waals surface area (Å²) in [5.74, 6) is 1.45. The molecule has 2 heteroatoms. The molecule has 2 aromatic rings. The minimum absolute atomic E-state index is 0.425. The topological polar surface area (TPSA) is 35.2 Å². The van der Waals surface area contributed by atoms with Gasteiger partial charge in [0.2, 0.25) is 0 Å². The summed E-state index contributed by atoms with van der Waals surface area (Å²) >= 11 is 0. The third-order valence-electron chi connectivity index (χ3n) is 3.81. The lowest BCUT2D eigenvalue weighted by molar-refractivity contribution is 0.270. The van der Waals surface area contributed by atoms with Gasteiger partial charge in [-0.1, -0.05) is 48.0 Å². The van der Waals surface area contributed by atoms with Crippen LogP contribution in [0, 0.1) is 6.92 Å². The van der Waals surface area contributed by atoms with Gasteiger partial charge in [-0.3, -0.25) is 0 Å². The van der Waals surface area contributed by atoms with Gasteiger partial charge >= 0.3 is 0 Å².